The summed E-state index contributed by atoms with van der Waals surface area (Å²) in [7, 11) is 4.55. The van der Waals surface area contributed by atoms with Crippen LogP contribution in [0.15, 0.2) is 53.9 Å². The highest BCUT2D eigenvalue weighted by Crippen LogP contribution is 2.36. The molecule has 0 bridgehead atoms. The fraction of sp³-hybridized carbons (Fsp3) is 0.222. The first-order chi connectivity index (χ1) is 16.5. The van der Waals surface area contributed by atoms with Crippen molar-refractivity contribution < 1.29 is 23.8 Å². The molecule has 0 amide bonds. The van der Waals surface area contributed by atoms with Gasteiger partial charge in [0.15, 0.2) is 23.1 Å². The van der Waals surface area contributed by atoms with E-state index < -0.39 is 0 Å². The Morgan fingerprint density at radius 3 is 2.29 bits per heavy atom. The molecule has 0 spiro atoms. The number of nitrogens with zero attached hydrogens (tertiary/aromatic N) is 1. The number of ketones is 2. The molecule has 0 N–H and O–H groups in total. The summed E-state index contributed by atoms with van der Waals surface area (Å²) in [5, 5.41) is 3.16. The van der Waals surface area contributed by atoms with Gasteiger partial charge < -0.3 is 14.2 Å². The first-order valence-corrected chi connectivity index (χ1v) is 11.7. The van der Waals surface area contributed by atoms with Crippen molar-refractivity contribution in [2.24, 2.45) is 0 Å². The topological polar surface area (TPSA) is 74.7 Å². The van der Waals surface area contributed by atoms with Crippen LogP contribution in [0.5, 0.6) is 17.2 Å². The summed E-state index contributed by atoms with van der Waals surface area (Å²) in [6, 6.07) is 14.7. The zero-order valence-corrected chi connectivity index (χ0v) is 20.3. The van der Waals surface area contributed by atoms with Crippen molar-refractivity contribution in [3.63, 3.8) is 0 Å². The summed E-state index contributed by atoms with van der Waals surface area (Å²) >= 11 is 1.66. The highest BCUT2D eigenvalue weighted by atomic mass is 32.1. The van der Waals surface area contributed by atoms with Crippen molar-refractivity contribution in [3.05, 3.63) is 70.7 Å². The van der Waals surface area contributed by atoms with E-state index in [0.717, 1.165) is 10.9 Å². The first-order valence-electron chi connectivity index (χ1n) is 10.8. The fourth-order valence-electron chi connectivity index (χ4n) is 3.86. The van der Waals surface area contributed by atoms with E-state index in [-0.39, 0.29) is 30.1 Å². The molecule has 0 aliphatic rings. The lowest BCUT2D eigenvalue weighted by Gasteiger charge is -2.10. The lowest BCUT2D eigenvalue weighted by molar-refractivity contribution is 0.0913. The Kier molecular flexibility index (Phi) is 6.93. The van der Waals surface area contributed by atoms with Gasteiger partial charge in [0.2, 0.25) is 0 Å². The number of carbonyl (C=O) groups is 2. The van der Waals surface area contributed by atoms with E-state index in [1.807, 2.05) is 12.1 Å². The molecule has 4 aromatic rings. The van der Waals surface area contributed by atoms with Gasteiger partial charge in [0.25, 0.3) is 0 Å². The maximum absolute atomic E-state index is 13.1. The number of Topliss-reactive ketones (excluding diaryl/α,β-unsaturated/α-hetero) is 2. The number of carbonyl (C=O) groups excluding carboxylic acids is 2. The van der Waals surface area contributed by atoms with Crippen LogP contribution in [0.4, 0.5) is 0 Å². The van der Waals surface area contributed by atoms with Crippen molar-refractivity contribution in [2.75, 3.05) is 21.3 Å². The minimum Gasteiger partial charge on any atom is -0.494 e. The lowest BCUT2D eigenvalue weighted by Crippen LogP contribution is -2.09. The Hall–Kier alpha value is -3.71. The second-order valence-electron chi connectivity index (χ2n) is 7.76. The van der Waals surface area contributed by atoms with Gasteiger partial charge in [0, 0.05) is 39.4 Å². The Balaban J connectivity index is 1.57. The SMILES string of the molecule is COc1ccc(C(=O)CCC(=O)c2nc(-c3csc4c(C)cccc34)ccc2OC)cc1OC. The predicted molar refractivity (Wildman–Crippen MR) is 134 cm³/mol. The third-order valence-electron chi connectivity index (χ3n) is 5.70. The van der Waals surface area contributed by atoms with Crippen LogP contribution < -0.4 is 14.2 Å². The van der Waals surface area contributed by atoms with Gasteiger partial charge in [-0.25, -0.2) is 4.98 Å². The van der Waals surface area contributed by atoms with E-state index in [1.54, 1.807) is 35.6 Å². The molecule has 2 aromatic carbocycles. The third-order valence-corrected chi connectivity index (χ3v) is 6.83. The predicted octanol–water partition coefficient (Wildman–Crippen LogP) is 6.14. The second-order valence-corrected chi connectivity index (χ2v) is 8.64. The molecule has 0 aliphatic heterocycles. The smallest absolute Gasteiger partial charge is 0.185 e. The van der Waals surface area contributed by atoms with E-state index in [9.17, 15) is 9.59 Å². The molecule has 0 saturated heterocycles. The highest BCUT2D eigenvalue weighted by molar-refractivity contribution is 7.18. The number of thiophene rings is 1. The molecule has 34 heavy (non-hydrogen) atoms. The average molecular weight is 476 g/mol. The van der Waals surface area contributed by atoms with Gasteiger partial charge in [0.1, 0.15) is 11.4 Å². The van der Waals surface area contributed by atoms with E-state index in [1.165, 1.54) is 31.6 Å². The Morgan fingerprint density at radius 1 is 0.853 bits per heavy atom. The van der Waals surface area contributed by atoms with Crippen molar-refractivity contribution in [1.82, 2.24) is 4.98 Å². The molecule has 0 unspecified atom stereocenters. The van der Waals surface area contributed by atoms with Gasteiger partial charge >= 0.3 is 0 Å². The Bertz CT molecular complexity index is 1370. The standard InChI is InChI=1S/C27H25NO5S/c1-16-6-5-7-18-19(15-34-27(16)18)20-9-13-24(32-3)26(28-20)22(30)11-10-21(29)17-8-12-23(31-2)25(14-17)33-4/h5-9,12-15H,10-11H2,1-4H3. The molecule has 0 radical (unpaired) electrons. The van der Waals surface area contributed by atoms with Crippen molar-refractivity contribution in [2.45, 2.75) is 19.8 Å². The van der Waals surface area contributed by atoms with Crippen LogP contribution in [0.25, 0.3) is 21.3 Å². The number of hydrogen-bond acceptors (Lipinski definition) is 7. The quantitative estimate of drug-likeness (QED) is 0.271. The average Bonchev–Trinajstić information content (AvgIpc) is 3.31. The molecule has 2 aromatic heterocycles. The van der Waals surface area contributed by atoms with Crippen LogP contribution in [0.2, 0.25) is 0 Å². The van der Waals surface area contributed by atoms with E-state index in [2.05, 4.69) is 29.4 Å². The van der Waals surface area contributed by atoms with Gasteiger partial charge in [-0.3, -0.25) is 9.59 Å². The number of ether oxygens (including phenoxy) is 3. The van der Waals surface area contributed by atoms with Gasteiger partial charge in [-0.1, -0.05) is 18.2 Å². The molecular weight excluding hydrogens is 450 g/mol. The summed E-state index contributed by atoms with van der Waals surface area (Å²) < 4.78 is 17.1. The monoisotopic (exact) mass is 475 g/mol. The van der Waals surface area contributed by atoms with E-state index in [0.29, 0.717) is 28.5 Å². The van der Waals surface area contributed by atoms with Crippen LogP contribution in [-0.4, -0.2) is 37.9 Å². The number of hydrogen-bond donors (Lipinski definition) is 0. The van der Waals surface area contributed by atoms with Gasteiger partial charge in [-0.15, -0.1) is 11.3 Å². The van der Waals surface area contributed by atoms with Gasteiger partial charge in [0.05, 0.1) is 27.0 Å². The van der Waals surface area contributed by atoms with Crippen molar-refractivity contribution in [3.8, 4) is 28.5 Å². The van der Waals surface area contributed by atoms with Crippen LogP contribution in [0.1, 0.15) is 39.3 Å². The maximum Gasteiger partial charge on any atom is 0.185 e. The minimum atomic E-state index is -0.247. The molecule has 2 heterocycles. The zero-order chi connectivity index (χ0) is 24.2. The molecular formula is C27H25NO5S. The summed E-state index contributed by atoms with van der Waals surface area (Å²) in [6.45, 7) is 2.08. The molecule has 7 heteroatoms. The summed E-state index contributed by atoms with van der Waals surface area (Å²) in [6.07, 6.45) is 0.0629. The van der Waals surface area contributed by atoms with Gasteiger partial charge in [-0.05, 0) is 42.8 Å². The van der Waals surface area contributed by atoms with Crippen LogP contribution in [0.3, 0.4) is 0 Å². The van der Waals surface area contributed by atoms with Crippen LogP contribution in [-0.2, 0) is 0 Å². The molecule has 4 rings (SSSR count). The largest absolute Gasteiger partial charge is 0.494 e. The number of benzene rings is 2. The van der Waals surface area contributed by atoms with Gasteiger partial charge in [-0.2, -0.15) is 0 Å². The summed E-state index contributed by atoms with van der Waals surface area (Å²) in [5.41, 5.74) is 3.56. The lowest BCUT2D eigenvalue weighted by atomic mass is 10.0. The Labute approximate surface area is 202 Å². The fourth-order valence-corrected chi connectivity index (χ4v) is 4.90. The van der Waals surface area contributed by atoms with Crippen LogP contribution >= 0.6 is 11.3 Å². The number of aromatic nitrogens is 1. The normalized spacial score (nSPS) is 10.8. The third kappa shape index (κ3) is 4.52. The molecule has 0 fully saturated rings. The maximum atomic E-state index is 13.1. The second kappa shape index (κ2) is 10.1. The molecule has 0 atom stereocenters. The summed E-state index contributed by atoms with van der Waals surface area (Å²) in [5.74, 6) is 0.987. The zero-order valence-electron chi connectivity index (χ0n) is 19.5. The van der Waals surface area contributed by atoms with Crippen molar-refractivity contribution in [1.29, 1.82) is 0 Å². The summed E-state index contributed by atoms with van der Waals surface area (Å²) in [4.78, 5) is 30.5. The molecule has 6 nitrogen and oxygen atoms in total. The number of aryl methyl sites for hydroxylation is 1. The van der Waals surface area contributed by atoms with E-state index in [4.69, 9.17) is 14.2 Å². The van der Waals surface area contributed by atoms with E-state index >= 15 is 0 Å². The molecule has 0 aliphatic carbocycles. The molecule has 0 saturated carbocycles. The molecule has 174 valence electrons. The number of rotatable bonds is 9. The number of pyridine rings is 1. The Morgan fingerprint density at radius 2 is 1.56 bits per heavy atom. The minimum absolute atomic E-state index is 0.0173. The van der Waals surface area contributed by atoms with Crippen molar-refractivity contribution >= 4 is 33.0 Å². The van der Waals surface area contributed by atoms with Crippen LogP contribution in [0, 0.1) is 6.92 Å². The number of methoxy groups -OCH3 is 3. The first kappa shape index (κ1) is 23.4. The number of fused-ring (bicyclic) bond motifs is 1. The highest BCUT2D eigenvalue weighted by Gasteiger charge is 2.19.